The fraction of sp³-hybridized carbons (Fsp3) is 0.133. The Morgan fingerprint density at radius 2 is 1.85 bits per heavy atom. The van der Waals surface area contributed by atoms with Crippen molar-refractivity contribution in [1.82, 2.24) is 9.97 Å². The Hall–Kier alpha value is -4.27. The van der Waals surface area contributed by atoms with Crippen LogP contribution < -0.4 is 9.64 Å². The van der Waals surface area contributed by atoms with E-state index >= 15 is 0 Å². The minimum absolute atomic E-state index is 0.0276. The normalized spacial score (nSPS) is 12.9. The smallest absolute Gasteiger partial charge is 0.307 e. The number of rotatable bonds is 5. The maximum atomic E-state index is 12.1. The topological polar surface area (TPSA) is 92.6 Å². The first kappa shape index (κ1) is 25.0. The number of nitrogens with zero attached hydrogens (tertiary/aromatic N) is 3. The molecular weight excluding hydrogens is 534 g/mol. The summed E-state index contributed by atoms with van der Waals surface area (Å²) in [5.74, 6) is -0.339. The maximum absolute atomic E-state index is 12.1. The number of anilines is 1. The second-order valence-electron chi connectivity index (χ2n) is 9.35. The van der Waals surface area contributed by atoms with E-state index < -0.39 is 5.97 Å². The summed E-state index contributed by atoms with van der Waals surface area (Å²) >= 11 is 7.66. The van der Waals surface area contributed by atoms with E-state index in [2.05, 4.69) is 4.98 Å². The molecule has 0 unspecified atom stereocenters. The van der Waals surface area contributed by atoms with Gasteiger partial charge in [0.1, 0.15) is 10.8 Å². The molecule has 0 aliphatic carbocycles. The predicted molar refractivity (Wildman–Crippen MR) is 154 cm³/mol. The summed E-state index contributed by atoms with van der Waals surface area (Å²) in [6.45, 7) is 1.95. The Bertz CT molecular complexity index is 1780. The summed E-state index contributed by atoms with van der Waals surface area (Å²) in [6, 6.07) is 18.9. The Balaban J connectivity index is 1.47. The average Bonchev–Trinajstić information content (AvgIpc) is 3.35. The van der Waals surface area contributed by atoms with Crippen molar-refractivity contribution in [1.29, 1.82) is 0 Å². The summed E-state index contributed by atoms with van der Waals surface area (Å²) in [6.07, 6.45) is 1.65. The molecule has 2 aromatic heterocycles. The Kier molecular flexibility index (Phi) is 6.29. The van der Waals surface area contributed by atoms with Crippen LogP contribution in [0.15, 0.2) is 66.9 Å². The Morgan fingerprint density at radius 1 is 1.08 bits per heavy atom. The fourth-order valence-corrected chi connectivity index (χ4v) is 6.07. The third-order valence-corrected chi connectivity index (χ3v) is 8.21. The number of halogens is 1. The number of carbonyl (C=O) groups is 2. The van der Waals surface area contributed by atoms with Crippen LogP contribution >= 0.6 is 22.9 Å². The first-order chi connectivity index (χ1) is 18.8. The van der Waals surface area contributed by atoms with E-state index in [1.165, 1.54) is 11.3 Å². The van der Waals surface area contributed by atoms with Gasteiger partial charge in [-0.2, -0.15) is 0 Å². The molecule has 1 aliphatic rings. The molecule has 194 valence electrons. The molecule has 3 heterocycles. The minimum atomic E-state index is -0.890. The number of carbonyl (C=O) groups excluding carboxylic acids is 1. The third kappa shape index (κ3) is 4.62. The number of ether oxygens (including phenoxy) is 1. The SMILES string of the molecule is Cc1cc2nc(-c3ccnc(-c4ccc5c(c4)N(C)C(=O)CO5)c3)sc2c(-c2ccc(Cl)cc2)c1CC(=O)O. The zero-order chi connectivity index (χ0) is 27.3. The van der Waals surface area contributed by atoms with E-state index in [0.717, 1.165) is 54.3 Å². The van der Waals surface area contributed by atoms with Gasteiger partial charge in [-0.05, 0) is 72.1 Å². The van der Waals surface area contributed by atoms with Crippen LogP contribution in [0.4, 0.5) is 5.69 Å². The number of hydrogen-bond donors (Lipinski definition) is 1. The number of carboxylic acid groups (broad SMARTS) is 1. The molecule has 5 aromatic rings. The van der Waals surface area contributed by atoms with E-state index in [1.54, 1.807) is 30.3 Å². The zero-order valence-corrected chi connectivity index (χ0v) is 22.6. The number of aryl methyl sites for hydroxylation is 1. The second-order valence-corrected chi connectivity index (χ2v) is 10.8. The van der Waals surface area contributed by atoms with Crippen LogP contribution in [0.25, 0.3) is 43.2 Å². The molecule has 0 saturated heterocycles. The largest absolute Gasteiger partial charge is 0.482 e. The quantitative estimate of drug-likeness (QED) is 0.261. The van der Waals surface area contributed by atoms with Crippen molar-refractivity contribution in [2.24, 2.45) is 0 Å². The number of amides is 1. The molecule has 0 radical (unpaired) electrons. The van der Waals surface area contributed by atoms with Gasteiger partial charge in [0, 0.05) is 35.0 Å². The summed E-state index contributed by atoms with van der Waals surface area (Å²) in [7, 11) is 1.73. The molecule has 0 fully saturated rings. The molecule has 1 N–H and O–H groups in total. The van der Waals surface area contributed by atoms with Gasteiger partial charge in [0.2, 0.25) is 0 Å². The molecule has 0 bridgehead atoms. The highest BCUT2D eigenvalue weighted by molar-refractivity contribution is 7.22. The Morgan fingerprint density at radius 3 is 2.62 bits per heavy atom. The number of hydrogen-bond acceptors (Lipinski definition) is 6. The van der Waals surface area contributed by atoms with Gasteiger partial charge in [0.25, 0.3) is 5.91 Å². The highest BCUT2D eigenvalue weighted by atomic mass is 35.5. The van der Waals surface area contributed by atoms with Gasteiger partial charge in [0.05, 0.1) is 28.0 Å². The monoisotopic (exact) mass is 555 g/mol. The summed E-state index contributed by atoms with van der Waals surface area (Å²) < 4.78 is 6.47. The van der Waals surface area contributed by atoms with Gasteiger partial charge in [-0.1, -0.05) is 23.7 Å². The zero-order valence-electron chi connectivity index (χ0n) is 21.1. The minimum Gasteiger partial charge on any atom is -0.482 e. The number of pyridine rings is 1. The number of likely N-dealkylation sites (N-methyl/N-ethyl adjacent to an activating group) is 1. The van der Waals surface area contributed by atoms with Gasteiger partial charge in [-0.25, -0.2) is 4.98 Å². The van der Waals surface area contributed by atoms with Crippen molar-refractivity contribution in [3.8, 4) is 38.7 Å². The van der Waals surface area contributed by atoms with Crippen molar-refractivity contribution in [2.45, 2.75) is 13.3 Å². The van der Waals surface area contributed by atoms with Gasteiger partial charge in [-0.15, -0.1) is 11.3 Å². The van der Waals surface area contributed by atoms with Crippen molar-refractivity contribution in [3.05, 3.63) is 83.0 Å². The highest BCUT2D eigenvalue weighted by Crippen LogP contribution is 2.42. The van der Waals surface area contributed by atoms with Crippen LogP contribution in [-0.2, 0) is 16.0 Å². The lowest BCUT2D eigenvalue weighted by molar-refractivity contribution is -0.136. The Labute approximate surface area is 233 Å². The molecule has 0 saturated carbocycles. The molecule has 0 spiro atoms. The lowest BCUT2D eigenvalue weighted by Crippen LogP contribution is -2.35. The molecule has 3 aromatic carbocycles. The third-order valence-electron chi connectivity index (χ3n) is 6.82. The molecule has 9 heteroatoms. The van der Waals surface area contributed by atoms with Crippen LogP contribution in [0.3, 0.4) is 0 Å². The molecule has 0 atom stereocenters. The lowest BCUT2D eigenvalue weighted by atomic mass is 9.93. The molecule has 1 amide bonds. The first-order valence-corrected chi connectivity index (χ1v) is 13.4. The van der Waals surface area contributed by atoms with Crippen LogP contribution in [-0.4, -0.2) is 40.6 Å². The standard InChI is InChI=1S/C30H22ClN3O4S/c1-16-11-23-29(28(21(16)14-27(36)37)17-3-6-20(31)7-4-17)39-30(33-23)19-9-10-32-22(12-19)18-5-8-25-24(13-18)34(2)26(35)15-38-25/h3-13H,14-15H2,1-2H3,(H,36,37). The van der Waals surface area contributed by atoms with E-state index in [0.29, 0.717) is 16.5 Å². The van der Waals surface area contributed by atoms with Gasteiger partial charge >= 0.3 is 5.97 Å². The second kappa shape index (κ2) is 9.80. The maximum Gasteiger partial charge on any atom is 0.307 e. The fourth-order valence-electron chi connectivity index (χ4n) is 4.81. The molecule has 39 heavy (non-hydrogen) atoms. The number of aliphatic carboxylic acids is 1. The van der Waals surface area contributed by atoms with E-state index in [1.807, 2.05) is 55.5 Å². The van der Waals surface area contributed by atoms with Crippen LogP contribution in [0.1, 0.15) is 11.1 Å². The summed E-state index contributed by atoms with van der Waals surface area (Å²) in [5, 5.41) is 11.0. The lowest BCUT2D eigenvalue weighted by Gasteiger charge is -2.26. The van der Waals surface area contributed by atoms with Crippen molar-refractivity contribution >= 4 is 50.7 Å². The molecule has 7 nitrogen and oxygen atoms in total. The number of aromatic nitrogens is 2. The van der Waals surface area contributed by atoms with Crippen molar-refractivity contribution < 1.29 is 19.4 Å². The van der Waals surface area contributed by atoms with E-state index in [9.17, 15) is 14.7 Å². The molecule has 6 rings (SSSR count). The van der Waals surface area contributed by atoms with Crippen molar-refractivity contribution in [2.75, 3.05) is 18.6 Å². The van der Waals surface area contributed by atoms with E-state index in [-0.39, 0.29) is 18.9 Å². The summed E-state index contributed by atoms with van der Waals surface area (Å²) in [5.41, 5.74) is 7.37. The predicted octanol–water partition coefficient (Wildman–Crippen LogP) is 6.64. The number of carboxylic acids is 1. The number of fused-ring (bicyclic) bond motifs is 2. The highest BCUT2D eigenvalue weighted by Gasteiger charge is 2.23. The van der Waals surface area contributed by atoms with Crippen LogP contribution in [0.2, 0.25) is 5.02 Å². The van der Waals surface area contributed by atoms with Gasteiger partial charge in [0.15, 0.2) is 6.61 Å². The van der Waals surface area contributed by atoms with Gasteiger partial charge in [-0.3, -0.25) is 14.6 Å². The van der Waals surface area contributed by atoms with E-state index in [4.69, 9.17) is 21.3 Å². The number of benzene rings is 3. The average molecular weight is 556 g/mol. The van der Waals surface area contributed by atoms with Gasteiger partial charge < -0.3 is 14.7 Å². The molecular formula is C30H22ClN3O4S. The summed E-state index contributed by atoms with van der Waals surface area (Å²) in [4.78, 5) is 35.0. The van der Waals surface area contributed by atoms with Crippen LogP contribution in [0.5, 0.6) is 5.75 Å². The number of thiazole rings is 1. The molecule has 1 aliphatic heterocycles. The first-order valence-electron chi connectivity index (χ1n) is 12.2. The van der Waals surface area contributed by atoms with Crippen LogP contribution in [0, 0.1) is 6.92 Å². The van der Waals surface area contributed by atoms with Crippen molar-refractivity contribution in [3.63, 3.8) is 0 Å².